The SMILES string of the molecule is CC1(C)CCCc2cncn2C1. The molecule has 0 fully saturated rings. The molecule has 0 bridgehead atoms. The monoisotopic (exact) mass is 164 g/mol. The Balaban J connectivity index is 2.30. The van der Waals surface area contributed by atoms with E-state index in [1.54, 1.807) is 0 Å². The molecule has 0 aliphatic carbocycles. The van der Waals surface area contributed by atoms with Gasteiger partial charge in [-0.3, -0.25) is 0 Å². The third-order valence-electron chi connectivity index (χ3n) is 2.68. The van der Waals surface area contributed by atoms with Crippen molar-refractivity contribution in [3.05, 3.63) is 18.2 Å². The zero-order valence-electron chi connectivity index (χ0n) is 7.88. The third kappa shape index (κ3) is 1.38. The average Bonchev–Trinajstić information content (AvgIpc) is 2.31. The van der Waals surface area contributed by atoms with Crippen molar-refractivity contribution in [1.29, 1.82) is 0 Å². The van der Waals surface area contributed by atoms with Gasteiger partial charge in [0.1, 0.15) is 0 Å². The number of hydrogen-bond acceptors (Lipinski definition) is 1. The van der Waals surface area contributed by atoms with E-state index >= 15 is 0 Å². The summed E-state index contributed by atoms with van der Waals surface area (Å²) >= 11 is 0. The molecule has 2 rings (SSSR count). The van der Waals surface area contributed by atoms with Gasteiger partial charge in [0, 0.05) is 18.4 Å². The number of hydrogen-bond donors (Lipinski definition) is 0. The number of imidazole rings is 1. The van der Waals surface area contributed by atoms with Gasteiger partial charge in [-0.25, -0.2) is 4.98 Å². The summed E-state index contributed by atoms with van der Waals surface area (Å²) in [5.74, 6) is 0. The first-order valence-electron chi connectivity index (χ1n) is 4.66. The van der Waals surface area contributed by atoms with Crippen molar-refractivity contribution in [2.45, 2.75) is 39.7 Å². The van der Waals surface area contributed by atoms with Crippen LogP contribution in [0, 0.1) is 5.41 Å². The number of aromatic nitrogens is 2. The van der Waals surface area contributed by atoms with Gasteiger partial charge in [-0.1, -0.05) is 13.8 Å². The van der Waals surface area contributed by atoms with E-state index in [0.717, 1.165) is 6.54 Å². The maximum atomic E-state index is 4.17. The minimum absolute atomic E-state index is 0.450. The van der Waals surface area contributed by atoms with Gasteiger partial charge in [0.05, 0.1) is 6.33 Å². The summed E-state index contributed by atoms with van der Waals surface area (Å²) in [7, 11) is 0. The van der Waals surface area contributed by atoms with Crippen LogP contribution in [-0.2, 0) is 13.0 Å². The van der Waals surface area contributed by atoms with Crippen LogP contribution in [0.3, 0.4) is 0 Å². The topological polar surface area (TPSA) is 17.8 Å². The summed E-state index contributed by atoms with van der Waals surface area (Å²) in [5.41, 5.74) is 1.85. The molecule has 0 atom stereocenters. The van der Waals surface area contributed by atoms with E-state index in [0.29, 0.717) is 5.41 Å². The van der Waals surface area contributed by atoms with E-state index in [2.05, 4.69) is 23.4 Å². The van der Waals surface area contributed by atoms with Gasteiger partial charge in [-0.2, -0.15) is 0 Å². The molecule has 0 spiro atoms. The van der Waals surface area contributed by atoms with Crippen LogP contribution in [0.2, 0.25) is 0 Å². The molecule has 0 aromatic carbocycles. The zero-order valence-corrected chi connectivity index (χ0v) is 7.88. The zero-order chi connectivity index (χ0) is 8.60. The second-order valence-corrected chi connectivity index (χ2v) is 4.53. The van der Waals surface area contributed by atoms with E-state index in [1.165, 1.54) is 25.0 Å². The highest BCUT2D eigenvalue weighted by molar-refractivity contribution is 5.01. The molecule has 2 heterocycles. The molecule has 1 aliphatic heterocycles. The molecule has 66 valence electrons. The lowest BCUT2D eigenvalue weighted by Crippen LogP contribution is -2.17. The Labute approximate surface area is 73.6 Å². The molecular formula is C10H16N2. The van der Waals surface area contributed by atoms with E-state index in [1.807, 2.05) is 12.5 Å². The van der Waals surface area contributed by atoms with Crippen LogP contribution in [0.4, 0.5) is 0 Å². The van der Waals surface area contributed by atoms with E-state index in [4.69, 9.17) is 0 Å². The Morgan fingerprint density at radius 3 is 3.17 bits per heavy atom. The minimum Gasteiger partial charge on any atom is -0.334 e. The molecule has 2 nitrogen and oxygen atoms in total. The maximum Gasteiger partial charge on any atom is 0.0948 e. The van der Waals surface area contributed by atoms with Crippen LogP contribution in [0.1, 0.15) is 32.4 Å². The molecule has 0 N–H and O–H groups in total. The molecular weight excluding hydrogens is 148 g/mol. The molecule has 0 unspecified atom stereocenters. The molecule has 12 heavy (non-hydrogen) atoms. The summed E-state index contributed by atoms with van der Waals surface area (Å²) in [6.45, 7) is 5.80. The highest BCUT2D eigenvalue weighted by atomic mass is 15.1. The third-order valence-corrected chi connectivity index (χ3v) is 2.68. The van der Waals surface area contributed by atoms with Crippen molar-refractivity contribution in [3.63, 3.8) is 0 Å². The minimum atomic E-state index is 0.450. The first kappa shape index (κ1) is 7.84. The molecule has 0 saturated carbocycles. The summed E-state index contributed by atoms with van der Waals surface area (Å²) < 4.78 is 2.30. The van der Waals surface area contributed by atoms with Gasteiger partial charge in [-0.15, -0.1) is 0 Å². The van der Waals surface area contributed by atoms with Crippen LogP contribution >= 0.6 is 0 Å². The normalized spacial score (nSPS) is 21.5. The van der Waals surface area contributed by atoms with Crippen molar-refractivity contribution < 1.29 is 0 Å². The fraction of sp³-hybridized carbons (Fsp3) is 0.700. The second kappa shape index (κ2) is 2.61. The number of aryl methyl sites for hydroxylation is 1. The second-order valence-electron chi connectivity index (χ2n) is 4.53. The van der Waals surface area contributed by atoms with Gasteiger partial charge < -0.3 is 4.57 Å². The van der Waals surface area contributed by atoms with Crippen molar-refractivity contribution >= 4 is 0 Å². The lowest BCUT2D eigenvalue weighted by molar-refractivity contribution is 0.289. The van der Waals surface area contributed by atoms with Gasteiger partial charge in [0.25, 0.3) is 0 Å². The Hall–Kier alpha value is -0.790. The van der Waals surface area contributed by atoms with Crippen LogP contribution in [0.25, 0.3) is 0 Å². The Kier molecular flexibility index (Phi) is 1.71. The first-order valence-corrected chi connectivity index (χ1v) is 4.66. The fourth-order valence-corrected chi connectivity index (χ4v) is 1.99. The Bertz CT molecular complexity index is 273. The van der Waals surface area contributed by atoms with Crippen molar-refractivity contribution in [2.75, 3.05) is 0 Å². The molecule has 0 radical (unpaired) electrons. The molecule has 1 aliphatic rings. The summed E-state index contributed by atoms with van der Waals surface area (Å²) in [6.07, 6.45) is 7.79. The van der Waals surface area contributed by atoms with Crippen LogP contribution in [0.5, 0.6) is 0 Å². The summed E-state index contributed by atoms with van der Waals surface area (Å²) in [5, 5.41) is 0. The van der Waals surface area contributed by atoms with Gasteiger partial charge in [0.2, 0.25) is 0 Å². The highest BCUT2D eigenvalue weighted by Crippen LogP contribution is 2.29. The average molecular weight is 164 g/mol. The van der Waals surface area contributed by atoms with Gasteiger partial charge in [0.15, 0.2) is 0 Å². The molecule has 1 aromatic heterocycles. The van der Waals surface area contributed by atoms with Crippen molar-refractivity contribution in [3.8, 4) is 0 Å². The lowest BCUT2D eigenvalue weighted by atomic mass is 9.88. The standard InChI is InChI=1S/C10H16N2/c1-10(2)5-3-4-9-6-11-8-12(9)7-10/h6,8H,3-5,7H2,1-2H3. The maximum absolute atomic E-state index is 4.17. The smallest absolute Gasteiger partial charge is 0.0948 e. The van der Waals surface area contributed by atoms with Crippen LogP contribution < -0.4 is 0 Å². The predicted octanol–water partition coefficient (Wildman–Crippen LogP) is 2.25. The lowest BCUT2D eigenvalue weighted by Gasteiger charge is -2.22. The van der Waals surface area contributed by atoms with Crippen LogP contribution in [-0.4, -0.2) is 9.55 Å². The molecule has 2 heteroatoms. The largest absolute Gasteiger partial charge is 0.334 e. The quantitative estimate of drug-likeness (QED) is 0.575. The molecule has 0 saturated heterocycles. The highest BCUT2D eigenvalue weighted by Gasteiger charge is 2.22. The van der Waals surface area contributed by atoms with Gasteiger partial charge >= 0.3 is 0 Å². The number of rotatable bonds is 0. The van der Waals surface area contributed by atoms with E-state index in [9.17, 15) is 0 Å². The number of nitrogens with zero attached hydrogens (tertiary/aromatic N) is 2. The predicted molar refractivity (Wildman–Crippen MR) is 48.9 cm³/mol. The molecule has 0 amide bonds. The van der Waals surface area contributed by atoms with E-state index in [-0.39, 0.29) is 0 Å². The Morgan fingerprint density at radius 2 is 2.33 bits per heavy atom. The van der Waals surface area contributed by atoms with Crippen molar-refractivity contribution in [1.82, 2.24) is 9.55 Å². The Morgan fingerprint density at radius 1 is 1.50 bits per heavy atom. The summed E-state index contributed by atoms with van der Waals surface area (Å²) in [6, 6.07) is 0. The summed E-state index contributed by atoms with van der Waals surface area (Å²) in [4.78, 5) is 4.17. The van der Waals surface area contributed by atoms with E-state index < -0.39 is 0 Å². The molecule has 1 aromatic rings. The fourth-order valence-electron chi connectivity index (χ4n) is 1.99. The van der Waals surface area contributed by atoms with Gasteiger partial charge in [-0.05, 0) is 24.7 Å². The van der Waals surface area contributed by atoms with Crippen LogP contribution in [0.15, 0.2) is 12.5 Å². The number of fused-ring (bicyclic) bond motifs is 1. The first-order chi connectivity index (χ1) is 5.67. The van der Waals surface area contributed by atoms with Crippen molar-refractivity contribution in [2.24, 2.45) is 5.41 Å².